The molecule has 0 aliphatic carbocycles. The van der Waals surface area contributed by atoms with E-state index in [1.807, 2.05) is 27.7 Å². The number of methoxy groups -OCH3 is 1. The van der Waals surface area contributed by atoms with Crippen LogP contribution in [0.25, 0.3) is 0 Å². The van der Waals surface area contributed by atoms with Gasteiger partial charge in [-0.2, -0.15) is 0 Å². The Hall–Kier alpha value is -1.40. The first kappa shape index (κ1) is 14.0. The van der Waals surface area contributed by atoms with Crippen LogP contribution < -0.4 is 10.3 Å². The van der Waals surface area contributed by atoms with Crippen LogP contribution in [-0.2, 0) is 9.31 Å². The normalized spacial score (nSPS) is 20.4. The number of hydrogen-bond donors (Lipinski definition) is 0. The zero-order chi connectivity index (χ0) is 14.3. The second kappa shape index (κ2) is 4.61. The lowest BCUT2D eigenvalue weighted by molar-refractivity contribution is 0.00578. The van der Waals surface area contributed by atoms with Crippen LogP contribution >= 0.6 is 0 Å². The average Bonchev–Trinajstić information content (AvgIpc) is 2.57. The first-order chi connectivity index (χ1) is 8.80. The van der Waals surface area contributed by atoms with Gasteiger partial charge in [0.1, 0.15) is 11.4 Å². The van der Waals surface area contributed by atoms with Crippen LogP contribution in [-0.4, -0.2) is 36.7 Å². The Labute approximate surface area is 113 Å². The third-order valence-corrected chi connectivity index (χ3v) is 3.73. The van der Waals surface area contributed by atoms with Gasteiger partial charge in [0.15, 0.2) is 6.29 Å². The topological polar surface area (TPSA) is 57.6 Å². The van der Waals surface area contributed by atoms with E-state index in [1.165, 1.54) is 7.11 Å². The van der Waals surface area contributed by atoms with Gasteiger partial charge in [0.05, 0.1) is 23.9 Å². The summed E-state index contributed by atoms with van der Waals surface area (Å²) in [5.41, 5.74) is -0.0439. The van der Waals surface area contributed by atoms with Crippen molar-refractivity contribution in [1.29, 1.82) is 0 Å². The lowest BCUT2D eigenvalue weighted by atomic mass is 9.84. The molecule has 1 aromatic rings. The van der Waals surface area contributed by atoms with Crippen LogP contribution in [0.1, 0.15) is 38.2 Å². The van der Waals surface area contributed by atoms with E-state index in [4.69, 9.17) is 14.0 Å². The molecule has 102 valence electrons. The fraction of sp³-hybridized carbons (Fsp3) is 0.538. The maximum absolute atomic E-state index is 11.0. The largest absolute Gasteiger partial charge is 0.514 e. The molecule has 5 nitrogen and oxygen atoms in total. The minimum Gasteiger partial charge on any atom is -0.494 e. The molecule has 0 atom stereocenters. The molecule has 0 saturated carbocycles. The molecule has 1 saturated heterocycles. The summed E-state index contributed by atoms with van der Waals surface area (Å²) in [6, 6.07) is 3.44. The Morgan fingerprint density at radius 3 is 2.26 bits per heavy atom. The highest BCUT2D eigenvalue weighted by molar-refractivity contribution is 6.61. The fourth-order valence-corrected chi connectivity index (χ4v) is 1.83. The van der Waals surface area contributed by atoms with E-state index in [1.54, 1.807) is 12.1 Å². The first-order valence-corrected chi connectivity index (χ1v) is 6.16. The molecule has 0 spiro atoms. The number of carbonyl (C=O) groups excluding carboxylic acids is 1. The maximum Gasteiger partial charge on any atom is 0.514 e. The molecule has 0 amide bonds. The number of pyridine rings is 1. The summed E-state index contributed by atoms with van der Waals surface area (Å²) < 4.78 is 16.8. The van der Waals surface area contributed by atoms with Crippen molar-refractivity contribution in [2.24, 2.45) is 0 Å². The summed E-state index contributed by atoms with van der Waals surface area (Å²) in [4.78, 5) is 15.2. The predicted molar refractivity (Wildman–Crippen MR) is 71.9 cm³/mol. The minimum absolute atomic E-state index is 0.245. The number of aromatic nitrogens is 1. The molecule has 0 radical (unpaired) electrons. The molecule has 1 aromatic heterocycles. The zero-order valence-electron chi connectivity index (χ0n) is 11.9. The molecule has 6 heteroatoms. The number of aldehydes is 1. The van der Waals surface area contributed by atoms with Gasteiger partial charge in [-0.3, -0.25) is 4.79 Å². The van der Waals surface area contributed by atoms with Gasteiger partial charge in [-0.05, 0) is 39.8 Å². The molecule has 1 fully saturated rings. The Kier molecular flexibility index (Phi) is 3.41. The summed E-state index contributed by atoms with van der Waals surface area (Å²) in [5, 5.41) is 0. The van der Waals surface area contributed by atoms with Crippen molar-refractivity contribution < 1.29 is 18.8 Å². The molecule has 1 aliphatic heterocycles. The van der Waals surface area contributed by atoms with Gasteiger partial charge in [0.25, 0.3) is 0 Å². The molecule has 0 bridgehead atoms. The number of nitrogens with zero attached hydrogens (tertiary/aromatic N) is 1. The molecule has 2 heterocycles. The van der Waals surface area contributed by atoms with Crippen LogP contribution in [0.2, 0.25) is 0 Å². The molecular formula is C13H18BNO4. The Morgan fingerprint density at radius 1 is 1.21 bits per heavy atom. The average molecular weight is 263 g/mol. The van der Waals surface area contributed by atoms with Gasteiger partial charge in [-0.1, -0.05) is 0 Å². The zero-order valence-corrected chi connectivity index (χ0v) is 11.9. The van der Waals surface area contributed by atoms with E-state index in [2.05, 4.69) is 4.98 Å². The van der Waals surface area contributed by atoms with Gasteiger partial charge in [-0.25, -0.2) is 4.98 Å². The maximum atomic E-state index is 11.0. The molecule has 0 aromatic carbocycles. The summed E-state index contributed by atoms with van der Waals surface area (Å²) in [7, 11) is 0.924. The quantitative estimate of drug-likeness (QED) is 0.605. The standard InChI is InChI=1S/C13H18BNO4/c1-12(2)13(3,4)19-14(18-12)11-7-6-10(17-5)9(8-16)15-11/h6-8H,1-5H3. The third-order valence-electron chi connectivity index (χ3n) is 3.73. The summed E-state index contributed by atoms with van der Waals surface area (Å²) in [6.45, 7) is 7.88. The van der Waals surface area contributed by atoms with E-state index in [0.29, 0.717) is 17.6 Å². The van der Waals surface area contributed by atoms with Crippen LogP contribution in [0.3, 0.4) is 0 Å². The molecular weight excluding hydrogens is 245 g/mol. The second-order valence-corrected chi connectivity index (χ2v) is 5.53. The molecule has 0 unspecified atom stereocenters. The number of rotatable bonds is 3. The minimum atomic E-state index is -0.574. The van der Waals surface area contributed by atoms with Gasteiger partial charge >= 0.3 is 7.12 Å². The van der Waals surface area contributed by atoms with Crippen molar-refractivity contribution in [2.75, 3.05) is 7.11 Å². The van der Waals surface area contributed by atoms with E-state index < -0.39 is 18.3 Å². The van der Waals surface area contributed by atoms with E-state index in [9.17, 15) is 4.79 Å². The number of hydrogen-bond acceptors (Lipinski definition) is 5. The summed E-state index contributed by atoms with van der Waals surface area (Å²) in [5.74, 6) is 0.440. The number of carbonyl (C=O) groups is 1. The Balaban J connectivity index is 2.32. The van der Waals surface area contributed by atoms with Crippen molar-refractivity contribution in [2.45, 2.75) is 38.9 Å². The molecule has 19 heavy (non-hydrogen) atoms. The van der Waals surface area contributed by atoms with Gasteiger partial charge in [0.2, 0.25) is 0 Å². The van der Waals surface area contributed by atoms with Crippen molar-refractivity contribution in [1.82, 2.24) is 4.98 Å². The van der Waals surface area contributed by atoms with Gasteiger partial charge < -0.3 is 14.0 Å². The van der Waals surface area contributed by atoms with E-state index in [-0.39, 0.29) is 5.69 Å². The van der Waals surface area contributed by atoms with Crippen molar-refractivity contribution in [3.63, 3.8) is 0 Å². The SMILES string of the molecule is COc1ccc(B2OC(C)(C)C(C)(C)O2)nc1C=O. The highest BCUT2D eigenvalue weighted by Crippen LogP contribution is 2.36. The van der Waals surface area contributed by atoms with Crippen molar-refractivity contribution >= 4 is 19.0 Å². The van der Waals surface area contributed by atoms with Crippen molar-refractivity contribution in [3.05, 3.63) is 17.8 Å². The van der Waals surface area contributed by atoms with Crippen LogP contribution in [0.5, 0.6) is 5.75 Å². The lowest BCUT2D eigenvalue weighted by Gasteiger charge is -2.32. The second-order valence-electron chi connectivity index (χ2n) is 5.53. The number of ether oxygens (including phenoxy) is 1. The summed E-state index contributed by atoms with van der Waals surface area (Å²) in [6.07, 6.45) is 0.660. The smallest absolute Gasteiger partial charge is 0.494 e. The van der Waals surface area contributed by atoms with Crippen LogP contribution in [0.15, 0.2) is 12.1 Å². The van der Waals surface area contributed by atoms with E-state index >= 15 is 0 Å². The van der Waals surface area contributed by atoms with Crippen LogP contribution in [0, 0.1) is 0 Å². The predicted octanol–water partition coefficient (Wildman–Crippen LogP) is 1.20. The van der Waals surface area contributed by atoms with E-state index in [0.717, 1.165) is 0 Å². The fourth-order valence-electron chi connectivity index (χ4n) is 1.83. The first-order valence-electron chi connectivity index (χ1n) is 6.16. The molecule has 2 rings (SSSR count). The monoisotopic (exact) mass is 263 g/mol. The Morgan fingerprint density at radius 2 is 1.79 bits per heavy atom. The van der Waals surface area contributed by atoms with Crippen LogP contribution in [0.4, 0.5) is 0 Å². The molecule has 1 aliphatic rings. The third kappa shape index (κ3) is 2.38. The lowest BCUT2D eigenvalue weighted by Crippen LogP contribution is -2.41. The van der Waals surface area contributed by atoms with Crippen molar-refractivity contribution in [3.8, 4) is 5.75 Å². The Bertz CT molecular complexity index is 485. The van der Waals surface area contributed by atoms with Gasteiger partial charge in [-0.15, -0.1) is 0 Å². The van der Waals surface area contributed by atoms with Gasteiger partial charge in [0, 0.05) is 0 Å². The molecule has 0 N–H and O–H groups in total. The summed E-state index contributed by atoms with van der Waals surface area (Å²) >= 11 is 0. The highest BCUT2D eigenvalue weighted by atomic mass is 16.7. The highest BCUT2D eigenvalue weighted by Gasteiger charge is 2.52.